The number of esters is 1. The quantitative estimate of drug-likeness (QED) is 0.174. The number of pyridine rings is 1. The van der Waals surface area contributed by atoms with Gasteiger partial charge in [0.15, 0.2) is 0 Å². The Balaban J connectivity index is 1.29. The molecule has 218 valence electrons. The van der Waals surface area contributed by atoms with Crippen LogP contribution in [0.25, 0.3) is 21.3 Å². The Morgan fingerprint density at radius 1 is 0.814 bits per heavy atom. The molecule has 0 spiro atoms. The highest BCUT2D eigenvalue weighted by atomic mass is 32.1. The Hall–Kier alpha value is -5.02. The van der Waals surface area contributed by atoms with Crippen molar-refractivity contribution in [3.63, 3.8) is 0 Å². The number of fused-ring (bicyclic) bond motifs is 1. The Kier molecular flexibility index (Phi) is 9.76. The van der Waals surface area contributed by atoms with Crippen molar-refractivity contribution in [2.75, 3.05) is 6.54 Å². The molecule has 0 saturated carbocycles. The molecular formula is C34H31N3O5S. The monoisotopic (exact) mass is 593 g/mol. The van der Waals surface area contributed by atoms with Crippen LogP contribution in [-0.4, -0.2) is 35.5 Å². The Labute approximate surface area is 253 Å². The van der Waals surface area contributed by atoms with E-state index in [4.69, 9.17) is 9.47 Å². The predicted octanol–water partition coefficient (Wildman–Crippen LogP) is 6.29. The van der Waals surface area contributed by atoms with Crippen LogP contribution in [0.2, 0.25) is 0 Å². The normalized spacial score (nSPS) is 11.5. The minimum absolute atomic E-state index is 0.0227. The van der Waals surface area contributed by atoms with Gasteiger partial charge >= 0.3 is 12.1 Å². The van der Waals surface area contributed by atoms with Crippen molar-refractivity contribution in [1.82, 2.24) is 15.6 Å². The summed E-state index contributed by atoms with van der Waals surface area (Å²) in [6, 6.07) is 29.1. The van der Waals surface area contributed by atoms with Gasteiger partial charge in [0.2, 0.25) is 0 Å². The Bertz CT molecular complexity index is 1710. The molecule has 8 nitrogen and oxygen atoms in total. The first-order valence-electron chi connectivity index (χ1n) is 13.9. The number of ether oxygens (including phenoxy) is 2. The molecule has 0 fully saturated rings. The molecule has 0 bridgehead atoms. The molecule has 2 amide bonds. The first-order valence-corrected chi connectivity index (χ1v) is 14.8. The van der Waals surface area contributed by atoms with Gasteiger partial charge in [0.05, 0.1) is 15.1 Å². The van der Waals surface area contributed by atoms with Crippen LogP contribution in [0, 0.1) is 0 Å². The molecule has 5 rings (SSSR count). The van der Waals surface area contributed by atoms with E-state index in [1.54, 1.807) is 12.3 Å². The summed E-state index contributed by atoms with van der Waals surface area (Å²) in [6.07, 6.45) is 1.81. The molecule has 43 heavy (non-hydrogen) atoms. The fourth-order valence-electron chi connectivity index (χ4n) is 4.56. The summed E-state index contributed by atoms with van der Waals surface area (Å²) >= 11 is 1.33. The number of hydrogen-bond donors (Lipinski definition) is 2. The number of nitrogens with one attached hydrogen (secondary N) is 2. The Morgan fingerprint density at radius 3 is 2.16 bits per heavy atom. The van der Waals surface area contributed by atoms with E-state index < -0.39 is 24.0 Å². The zero-order valence-electron chi connectivity index (χ0n) is 23.6. The van der Waals surface area contributed by atoms with Crippen molar-refractivity contribution in [1.29, 1.82) is 0 Å². The number of thiophene rings is 1. The molecule has 2 N–H and O–H groups in total. The topological polar surface area (TPSA) is 107 Å². The number of carbonyl (C=O) groups is 3. The average Bonchev–Trinajstić information content (AvgIpc) is 3.50. The van der Waals surface area contributed by atoms with Crippen molar-refractivity contribution in [3.05, 3.63) is 125 Å². The zero-order valence-corrected chi connectivity index (χ0v) is 24.4. The van der Waals surface area contributed by atoms with E-state index in [9.17, 15) is 14.4 Å². The Morgan fingerprint density at radius 2 is 1.47 bits per heavy atom. The number of nitrogens with zero attached hydrogens (tertiary/aromatic N) is 1. The van der Waals surface area contributed by atoms with E-state index in [-0.39, 0.29) is 19.8 Å². The molecule has 0 aliphatic carbocycles. The highest BCUT2D eigenvalue weighted by molar-refractivity contribution is 7.21. The van der Waals surface area contributed by atoms with Gasteiger partial charge in [-0.1, -0.05) is 91.9 Å². The van der Waals surface area contributed by atoms with Crippen molar-refractivity contribution < 1.29 is 23.9 Å². The predicted molar refractivity (Wildman–Crippen MR) is 167 cm³/mol. The number of amides is 2. The first kappa shape index (κ1) is 29.5. The minimum Gasteiger partial charge on any atom is -0.459 e. The van der Waals surface area contributed by atoms with Crippen LogP contribution in [0.5, 0.6) is 0 Å². The lowest BCUT2D eigenvalue weighted by Crippen LogP contribution is -2.49. The summed E-state index contributed by atoms with van der Waals surface area (Å²) in [6.45, 7) is 1.97. The number of alkyl carbamates (subject to hydrolysis) is 1. The molecule has 0 unspecified atom stereocenters. The van der Waals surface area contributed by atoms with Crippen LogP contribution >= 0.6 is 11.3 Å². The molecule has 1 atom stereocenters. The lowest BCUT2D eigenvalue weighted by atomic mass is 9.99. The van der Waals surface area contributed by atoms with Crippen LogP contribution in [0.15, 0.2) is 103 Å². The number of carbonyl (C=O) groups excluding carboxylic acids is 3. The SMILES string of the molecule is CCc1ccccc1-c1ccnc2cc(C(=O)NC[C@@H](NC(=O)OCc3ccccc3)C(=O)OCc3ccccc3)sc12. The number of aryl methyl sites for hydroxylation is 1. The minimum atomic E-state index is -1.17. The van der Waals surface area contributed by atoms with Gasteiger partial charge in [-0.3, -0.25) is 9.78 Å². The van der Waals surface area contributed by atoms with E-state index in [2.05, 4.69) is 34.7 Å². The van der Waals surface area contributed by atoms with Crippen molar-refractivity contribution >= 4 is 39.5 Å². The van der Waals surface area contributed by atoms with E-state index in [0.717, 1.165) is 33.4 Å². The molecule has 3 aromatic carbocycles. The lowest BCUT2D eigenvalue weighted by molar-refractivity contribution is -0.147. The first-order chi connectivity index (χ1) is 21.0. The zero-order chi connectivity index (χ0) is 30.0. The number of aromatic nitrogens is 1. The largest absolute Gasteiger partial charge is 0.459 e. The third-order valence-corrected chi connectivity index (χ3v) is 7.96. The molecule has 2 aromatic heterocycles. The molecular weight excluding hydrogens is 562 g/mol. The van der Waals surface area contributed by atoms with Crippen LogP contribution in [-0.2, 0) is 33.9 Å². The second-order valence-corrected chi connectivity index (χ2v) is 10.8. The molecule has 0 aliphatic rings. The van der Waals surface area contributed by atoms with Crippen LogP contribution < -0.4 is 10.6 Å². The van der Waals surface area contributed by atoms with Gasteiger partial charge in [-0.15, -0.1) is 11.3 Å². The molecule has 0 saturated heterocycles. The highest BCUT2D eigenvalue weighted by Crippen LogP contribution is 2.35. The van der Waals surface area contributed by atoms with Gasteiger partial charge in [0.1, 0.15) is 19.3 Å². The summed E-state index contributed by atoms with van der Waals surface area (Å²) in [4.78, 5) is 43.8. The van der Waals surface area contributed by atoms with E-state index in [0.29, 0.717) is 10.4 Å². The maximum absolute atomic E-state index is 13.3. The van der Waals surface area contributed by atoms with Crippen LogP contribution in [0.1, 0.15) is 33.3 Å². The average molecular weight is 594 g/mol. The molecule has 2 heterocycles. The summed E-state index contributed by atoms with van der Waals surface area (Å²) < 4.78 is 11.7. The van der Waals surface area contributed by atoms with E-state index >= 15 is 0 Å². The maximum Gasteiger partial charge on any atom is 0.408 e. The second-order valence-electron chi connectivity index (χ2n) is 9.76. The smallest absolute Gasteiger partial charge is 0.408 e. The lowest BCUT2D eigenvalue weighted by Gasteiger charge is -2.18. The molecule has 0 radical (unpaired) electrons. The van der Waals surface area contributed by atoms with Gasteiger partial charge < -0.3 is 20.1 Å². The molecule has 9 heteroatoms. The number of benzene rings is 3. The van der Waals surface area contributed by atoms with Gasteiger partial charge in [-0.2, -0.15) is 0 Å². The molecule has 0 aliphatic heterocycles. The number of rotatable bonds is 11. The van der Waals surface area contributed by atoms with Crippen molar-refractivity contribution in [2.45, 2.75) is 32.6 Å². The second kappa shape index (κ2) is 14.2. The van der Waals surface area contributed by atoms with Crippen LogP contribution in [0.3, 0.4) is 0 Å². The van der Waals surface area contributed by atoms with Gasteiger partial charge in [-0.25, -0.2) is 9.59 Å². The number of hydrogen-bond acceptors (Lipinski definition) is 7. The maximum atomic E-state index is 13.3. The third kappa shape index (κ3) is 7.64. The van der Waals surface area contributed by atoms with Crippen molar-refractivity contribution in [2.24, 2.45) is 0 Å². The fraction of sp³-hybridized carbons (Fsp3) is 0.176. The third-order valence-electron chi connectivity index (χ3n) is 6.80. The van der Waals surface area contributed by atoms with Crippen molar-refractivity contribution in [3.8, 4) is 11.1 Å². The molecule has 5 aromatic rings. The van der Waals surface area contributed by atoms with Crippen LogP contribution in [0.4, 0.5) is 4.79 Å². The van der Waals surface area contributed by atoms with E-state index in [1.165, 1.54) is 16.9 Å². The van der Waals surface area contributed by atoms with Gasteiger partial charge in [0, 0.05) is 18.3 Å². The van der Waals surface area contributed by atoms with Gasteiger partial charge in [-0.05, 0) is 40.8 Å². The standard InChI is InChI=1S/C34H31N3O5S/c1-2-25-15-9-10-16-26(25)27-17-18-35-28-19-30(43-31(27)28)32(38)36-20-29(33(39)41-21-23-11-5-3-6-12-23)37-34(40)42-22-24-13-7-4-8-14-24/h3-19,29H,2,20-22H2,1H3,(H,36,38)(H,37,40)/t29-/m1/s1. The summed E-state index contributed by atoms with van der Waals surface area (Å²) in [5, 5.41) is 5.31. The fourth-order valence-corrected chi connectivity index (χ4v) is 5.62. The van der Waals surface area contributed by atoms with Gasteiger partial charge in [0.25, 0.3) is 5.91 Å². The highest BCUT2D eigenvalue weighted by Gasteiger charge is 2.25. The summed E-state index contributed by atoms with van der Waals surface area (Å²) in [5.41, 5.74) is 5.62. The van der Waals surface area contributed by atoms with E-state index in [1.807, 2.05) is 78.9 Å². The summed E-state index contributed by atoms with van der Waals surface area (Å²) in [7, 11) is 0. The summed E-state index contributed by atoms with van der Waals surface area (Å²) in [5.74, 6) is -1.09.